The van der Waals surface area contributed by atoms with Crippen molar-refractivity contribution < 1.29 is 17.9 Å². The maximum absolute atomic E-state index is 12.0. The van der Waals surface area contributed by atoms with Gasteiger partial charge in [0.1, 0.15) is 6.10 Å². The van der Waals surface area contributed by atoms with Crippen LogP contribution in [0.25, 0.3) is 0 Å². The molecular formula is C13H14Cl2O4S. The van der Waals surface area contributed by atoms with Crippen molar-refractivity contribution in [3.63, 3.8) is 0 Å². The summed E-state index contributed by atoms with van der Waals surface area (Å²) in [6, 6.07) is 4.93. The van der Waals surface area contributed by atoms with Crippen molar-refractivity contribution in [2.24, 2.45) is 0 Å². The van der Waals surface area contributed by atoms with E-state index in [-0.39, 0.29) is 11.5 Å². The number of hydrogen-bond donors (Lipinski definition) is 0. The summed E-state index contributed by atoms with van der Waals surface area (Å²) < 4.78 is 27.9. The molecule has 2 rings (SSSR count). The van der Waals surface area contributed by atoms with E-state index in [2.05, 4.69) is 0 Å². The van der Waals surface area contributed by atoms with E-state index in [9.17, 15) is 13.2 Å². The maximum Gasteiger partial charge on any atom is 0.313 e. The van der Waals surface area contributed by atoms with Gasteiger partial charge in [-0.05, 0) is 31.0 Å². The Balaban J connectivity index is 2.03. The lowest BCUT2D eigenvalue weighted by Gasteiger charge is -2.15. The van der Waals surface area contributed by atoms with E-state index in [1.54, 1.807) is 25.1 Å². The first kappa shape index (κ1) is 15.6. The molecule has 0 aromatic heterocycles. The Morgan fingerprint density at radius 2 is 2.05 bits per heavy atom. The molecule has 1 aromatic rings. The Kier molecular flexibility index (Phi) is 4.62. The van der Waals surface area contributed by atoms with E-state index in [1.807, 2.05) is 0 Å². The third kappa shape index (κ3) is 3.65. The molecule has 0 radical (unpaired) electrons. The summed E-state index contributed by atoms with van der Waals surface area (Å²) in [5.41, 5.74) is 0.685. The zero-order valence-electron chi connectivity index (χ0n) is 10.8. The van der Waals surface area contributed by atoms with Gasteiger partial charge in [-0.3, -0.25) is 4.79 Å². The molecule has 1 saturated heterocycles. The number of carbonyl (C=O) groups excluding carboxylic acids is 1. The molecule has 20 heavy (non-hydrogen) atoms. The van der Waals surface area contributed by atoms with E-state index >= 15 is 0 Å². The summed E-state index contributed by atoms with van der Waals surface area (Å²) in [6.45, 7) is 1.69. The van der Waals surface area contributed by atoms with E-state index < -0.39 is 27.8 Å². The van der Waals surface area contributed by atoms with Gasteiger partial charge >= 0.3 is 5.97 Å². The minimum Gasteiger partial charge on any atom is -0.461 e. The van der Waals surface area contributed by atoms with Crippen LogP contribution in [0.4, 0.5) is 0 Å². The number of carbonyl (C=O) groups is 1. The predicted octanol–water partition coefficient (Wildman–Crippen LogP) is 2.83. The Hall–Kier alpha value is -0.780. The van der Waals surface area contributed by atoms with Crippen LogP contribution in [0.15, 0.2) is 18.2 Å². The molecular weight excluding hydrogens is 323 g/mol. The maximum atomic E-state index is 12.0. The highest BCUT2D eigenvalue weighted by molar-refractivity contribution is 7.91. The van der Waals surface area contributed by atoms with Gasteiger partial charge in [-0.15, -0.1) is 0 Å². The van der Waals surface area contributed by atoms with Gasteiger partial charge in [0.15, 0.2) is 9.84 Å². The number of halogens is 2. The quantitative estimate of drug-likeness (QED) is 0.796. The zero-order chi connectivity index (χ0) is 14.9. The highest BCUT2D eigenvalue weighted by Crippen LogP contribution is 2.27. The molecule has 2 atom stereocenters. The van der Waals surface area contributed by atoms with Crippen LogP contribution in [-0.2, 0) is 19.4 Å². The lowest BCUT2D eigenvalue weighted by Crippen LogP contribution is -2.22. The van der Waals surface area contributed by atoms with Crippen molar-refractivity contribution in [1.82, 2.24) is 0 Å². The summed E-state index contributed by atoms with van der Waals surface area (Å²) in [5, 5.41) is 0.783. The summed E-state index contributed by atoms with van der Waals surface area (Å²) in [7, 11) is -3.06. The van der Waals surface area contributed by atoms with Gasteiger partial charge in [0.2, 0.25) is 0 Å². The van der Waals surface area contributed by atoms with Crippen molar-refractivity contribution >= 4 is 39.0 Å². The molecule has 1 aliphatic rings. The third-order valence-corrected chi connectivity index (χ3v) is 5.75. The number of rotatable bonds is 3. The van der Waals surface area contributed by atoms with Gasteiger partial charge in [-0.1, -0.05) is 29.3 Å². The van der Waals surface area contributed by atoms with Crippen molar-refractivity contribution in [2.45, 2.75) is 25.4 Å². The fourth-order valence-corrected chi connectivity index (χ4v) is 3.93. The average Bonchev–Trinajstić information content (AvgIpc) is 2.71. The van der Waals surface area contributed by atoms with Gasteiger partial charge in [-0.25, -0.2) is 8.42 Å². The molecule has 0 bridgehead atoms. The summed E-state index contributed by atoms with van der Waals surface area (Å²) in [6.07, 6.45) is -0.181. The molecule has 1 aliphatic heterocycles. The van der Waals surface area contributed by atoms with Crippen LogP contribution < -0.4 is 0 Å². The smallest absolute Gasteiger partial charge is 0.313 e. The van der Waals surface area contributed by atoms with Crippen molar-refractivity contribution in [3.05, 3.63) is 33.8 Å². The van der Waals surface area contributed by atoms with E-state index in [0.29, 0.717) is 22.0 Å². The highest BCUT2D eigenvalue weighted by atomic mass is 35.5. The highest BCUT2D eigenvalue weighted by Gasteiger charge is 2.32. The number of hydrogen-bond acceptors (Lipinski definition) is 4. The fourth-order valence-electron chi connectivity index (χ4n) is 2.04. The lowest BCUT2D eigenvalue weighted by molar-refractivity contribution is -0.149. The van der Waals surface area contributed by atoms with Crippen LogP contribution in [0.5, 0.6) is 0 Å². The Morgan fingerprint density at radius 1 is 1.35 bits per heavy atom. The van der Waals surface area contributed by atoms with Crippen molar-refractivity contribution in [1.29, 1.82) is 0 Å². The van der Waals surface area contributed by atoms with Crippen LogP contribution in [0, 0.1) is 0 Å². The molecule has 1 aromatic carbocycles. The molecule has 1 fully saturated rings. The van der Waals surface area contributed by atoms with Gasteiger partial charge in [0.25, 0.3) is 0 Å². The summed E-state index contributed by atoms with van der Waals surface area (Å²) in [4.78, 5) is 12.0. The average molecular weight is 337 g/mol. The Morgan fingerprint density at radius 3 is 2.60 bits per heavy atom. The standard InChI is InChI=1S/C13H14Cl2O4S/c1-8(9-2-3-11(14)12(15)6-9)13(16)19-10-4-5-20(17,18)7-10/h2-3,6,8,10H,4-5,7H2,1H3/t8-,10-/m1/s1. The molecule has 0 unspecified atom stereocenters. The molecule has 0 aliphatic carbocycles. The number of sulfone groups is 1. The lowest BCUT2D eigenvalue weighted by atomic mass is 10.0. The van der Waals surface area contributed by atoms with E-state index in [1.165, 1.54) is 0 Å². The second-order valence-corrected chi connectivity index (χ2v) is 7.90. The minimum atomic E-state index is -3.06. The van der Waals surface area contributed by atoms with Crippen LogP contribution in [0.1, 0.15) is 24.8 Å². The Bertz CT molecular complexity index is 627. The van der Waals surface area contributed by atoms with E-state index in [0.717, 1.165) is 0 Å². The molecule has 0 amide bonds. The van der Waals surface area contributed by atoms with Crippen LogP contribution >= 0.6 is 23.2 Å². The molecule has 0 saturated carbocycles. The Labute approximate surface area is 127 Å². The number of esters is 1. The summed E-state index contributed by atoms with van der Waals surface area (Å²) >= 11 is 11.7. The number of benzene rings is 1. The number of ether oxygens (including phenoxy) is 1. The summed E-state index contributed by atoms with van der Waals surface area (Å²) in [5.74, 6) is -0.989. The zero-order valence-corrected chi connectivity index (χ0v) is 13.1. The van der Waals surface area contributed by atoms with Gasteiger partial charge in [0.05, 0.1) is 27.5 Å². The third-order valence-electron chi connectivity index (χ3n) is 3.27. The van der Waals surface area contributed by atoms with Gasteiger partial charge < -0.3 is 4.74 Å². The molecule has 0 spiro atoms. The van der Waals surface area contributed by atoms with Crippen LogP contribution in [-0.4, -0.2) is 32.0 Å². The first-order valence-corrected chi connectivity index (χ1v) is 8.72. The molecule has 110 valence electrons. The molecule has 4 nitrogen and oxygen atoms in total. The van der Waals surface area contributed by atoms with E-state index in [4.69, 9.17) is 27.9 Å². The van der Waals surface area contributed by atoms with Gasteiger partial charge in [-0.2, -0.15) is 0 Å². The second kappa shape index (κ2) is 5.92. The van der Waals surface area contributed by atoms with Crippen LogP contribution in [0.3, 0.4) is 0 Å². The minimum absolute atomic E-state index is 0.0755. The first-order valence-electron chi connectivity index (χ1n) is 6.14. The van der Waals surface area contributed by atoms with Crippen molar-refractivity contribution in [2.75, 3.05) is 11.5 Å². The van der Waals surface area contributed by atoms with Gasteiger partial charge in [0, 0.05) is 0 Å². The van der Waals surface area contributed by atoms with Crippen molar-refractivity contribution in [3.8, 4) is 0 Å². The molecule has 1 heterocycles. The monoisotopic (exact) mass is 336 g/mol. The predicted molar refractivity (Wildman–Crippen MR) is 78.0 cm³/mol. The normalized spacial score (nSPS) is 22.4. The second-order valence-electron chi connectivity index (χ2n) is 4.86. The first-order chi connectivity index (χ1) is 9.28. The topological polar surface area (TPSA) is 60.4 Å². The largest absolute Gasteiger partial charge is 0.461 e. The SMILES string of the molecule is C[C@@H](C(=O)O[C@@H]1CCS(=O)(=O)C1)c1ccc(Cl)c(Cl)c1. The van der Waals surface area contributed by atoms with Crippen LogP contribution in [0.2, 0.25) is 10.0 Å². The molecule has 7 heteroatoms. The fraction of sp³-hybridized carbons (Fsp3) is 0.462. The molecule has 0 N–H and O–H groups in total.